The van der Waals surface area contributed by atoms with E-state index < -0.39 is 0 Å². The van der Waals surface area contributed by atoms with Crippen LogP contribution in [0.25, 0.3) is 0 Å². The number of aliphatic hydroxyl groups is 1. The number of aryl methyl sites for hydroxylation is 1. The van der Waals surface area contributed by atoms with Crippen LogP contribution < -0.4 is 5.32 Å². The monoisotopic (exact) mass is 300 g/mol. The molecule has 0 radical (unpaired) electrons. The van der Waals surface area contributed by atoms with E-state index in [1.54, 1.807) is 11.3 Å². The number of aromatic nitrogens is 1. The standard InChI is InChI=1S/C14H24N2OS2/c1-11-9-19-13(15-11)18-8-4-3-7-14(2,10-17)16-12-5-6-12/h9,12,16-17H,3-8,10H2,1-2H3. The van der Waals surface area contributed by atoms with Crippen LogP contribution in [0.3, 0.4) is 0 Å². The molecule has 1 fully saturated rings. The predicted octanol–water partition coefficient (Wildman–Crippen LogP) is 3.22. The van der Waals surface area contributed by atoms with Gasteiger partial charge in [0.25, 0.3) is 0 Å². The van der Waals surface area contributed by atoms with Crippen molar-refractivity contribution in [3.63, 3.8) is 0 Å². The molecule has 0 amide bonds. The Hall–Kier alpha value is -0.100. The normalized spacial score (nSPS) is 18.5. The molecule has 19 heavy (non-hydrogen) atoms. The number of thiazole rings is 1. The molecule has 1 aliphatic carbocycles. The number of hydrogen-bond donors (Lipinski definition) is 2. The molecule has 0 aromatic carbocycles. The molecule has 5 heteroatoms. The number of rotatable bonds is 9. The average Bonchev–Trinajstić information content (AvgIpc) is 3.09. The Kier molecular flexibility index (Phi) is 5.69. The van der Waals surface area contributed by atoms with Crippen molar-refractivity contribution in [2.24, 2.45) is 0 Å². The number of aliphatic hydroxyl groups excluding tert-OH is 1. The second-order valence-electron chi connectivity index (χ2n) is 5.70. The van der Waals surface area contributed by atoms with Crippen LogP contribution in [0.4, 0.5) is 0 Å². The van der Waals surface area contributed by atoms with Crippen molar-refractivity contribution < 1.29 is 5.11 Å². The molecule has 2 N–H and O–H groups in total. The summed E-state index contributed by atoms with van der Waals surface area (Å²) in [4.78, 5) is 4.45. The number of hydrogen-bond acceptors (Lipinski definition) is 5. The van der Waals surface area contributed by atoms with E-state index in [1.165, 1.54) is 23.6 Å². The first-order valence-corrected chi connectivity index (χ1v) is 8.91. The van der Waals surface area contributed by atoms with Gasteiger partial charge in [-0.2, -0.15) is 0 Å². The third-order valence-electron chi connectivity index (χ3n) is 3.43. The highest BCUT2D eigenvalue weighted by Crippen LogP contribution is 2.26. The first-order chi connectivity index (χ1) is 9.11. The Morgan fingerprint density at radius 3 is 2.89 bits per heavy atom. The van der Waals surface area contributed by atoms with E-state index in [4.69, 9.17) is 0 Å². The Morgan fingerprint density at radius 1 is 1.53 bits per heavy atom. The van der Waals surface area contributed by atoms with Gasteiger partial charge in [-0.05, 0) is 39.5 Å². The second-order valence-corrected chi connectivity index (χ2v) is 7.90. The zero-order valence-corrected chi connectivity index (χ0v) is 13.4. The van der Waals surface area contributed by atoms with Crippen LogP contribution in [0, 0.1) is 6.92 Å². The van der Waals surface area contributed by atoms with Gasteiger partial charge in [0, 0.05) is 28.4 Å². The lowest BCUT2D eigenvalue weighted by Gasteiger charge is -2.29. The number of nitrogens with zero attached hydrogens (tertiary/aromatic N) is 1. The summed E-state index contributed by atoms with van der Waals surface area (Å²) < 4.78 is 1.18. The quantitative estimate of drug-likeness (QED) is 0.543. The number of nitrogens with one attached hydrogen (secondary N) is 1. The van der Waals surface area contributed by atoms with Crippen molar-refractivity contribution in [1.29, 1.82) is 0 Å². The van der Waals surface area contributed by atoms with Crippen molar-refractivity contribution in [3.05, 3.63) is 11.1 Å². The molecule has 1 saturated carbocycles. The van der Waals surface area contributed by atoms with Crippen LogP contribution in [0.15, 0.2) is 9.72 Å². The van der Waals surface area contributed by atoms with Crippen molar-refractivity contribution in [2.75, 3.05) is 12.4 Å². The first kappa shape index (κ1) is 15.3. The van der Waals surface area contributed by atoms with E-state index >= 15 is 0 Å². The SMILES string of the molecule is Cc1csc(SCCCCC(C)(CO)NC2CC2)n1. The molecule has 2 rings (SSSR count). The van der Waals surface area contributed by atoms with E-state index in [-0.39, 0.29) is 12.1 Å². The molecule has 1 atom stereocenters. The summed E-state index contributed by atoms with van der Waals surface area (Å²) in [6.07, 6.45) is 5.94. The fourth-order valence-electron chi connectivity index (χ4n) is 2.09. The summed E-state index contributed by atoms with van der Waals surface area (Å²) in [5.41, 5.74) is 1.04. The molecule has 108 valence electrons. The van der Waals surface area contributed by atoms with Crippen LogP contribution in [-0.4, -0.2) is 34.0 Å². The number of thioether (sulfide) groups is 1. The van der Waals surface area contributed by atoms with Gasteiger partial charge >= 0.3 is 0 Å². The lowest BCUT2D eigenvalue weighted by Crippen LogP contribution is -2.46. The van der Waals surface area contributed by atoms with Gasteiger partial charge < -0.3 is 10.4 Å². The van der Waals surface area contributed by atoms with Gasteiger partial charge in [-0.3, -0.25) is 0 Å². The molecule has 0 bridgehead atoms. The highest BCUT2D eigenvalue weighted by Gasteiger charge is 2.31. The highest BCUT2D eigenvalue weighted by atomic mass is 32.2. The van der Waals surface area contributed by atoms with Gasteiger partial charge in [0.05, 0.1) is 6.61 Å². The minimum atomic E-state index is -0.0798. The van der Waals surface area contributed by atoms with E-state index in [1.807, 2.05) is 18.7 Å². The van der Waals surface area contributed by atoms with Crippen molar-refractivity contribution in [3.8, 4) is 0 Å². The molecule has 1 aromatic heterocycles. The van der Waals surface area contributed by atoms with Crippen LogP contribution in [0.1, 0.15) is 44.7 Å². The van der Waals surface area contributed by atoms with E-state index in [9.17, 15) is 5.11 Å². The van der Waals surface area contributed by atoms with Gasteiger partial charge in [0.15, 0.2) is 0 Å². The highest BCUT2D eigenvalue weighted by molar-refractivity contribution is 8.00. The van der Waals surface area contributed by atoms with Gasteiger partial charge in [-0.25, -0.2) is 4.98 Å². The molecule has 1 heterocycles. The molecule has 0 saturated heterocycles. The zero-order chi connectivity index (χ0) is 13.7. The molecule has 1 unspecified atom stereocenters. The van der Waals surface area contributed by atoms with Crippen molar-refractivity contribution in [2.45, 2.75) is 61.9 Å². The summed E-state index contributed by atoms with van der Waals surface area (Å²) in [5.74, 6) is 1.12. The summed E-state index contributed by atoms with van der Waals surface area (Å²) >= 11 is 3.58. The summed E-state index contributed by atoms with van der Waals surface area (Å²) in [6.45, 7) is 4.42. The topological polar surface area (TPSA) is 45.1 Å². The summed E-state index contributed by atoms with van der Waals surface area (Å²) in [6, 6.07) is 0.657. The first-order valence-electron chi connectivity index (χ1n) is 7.05. The Morgan fingerprint density at radius 2 is 2.32 bits per heavy atom. The van der Waals surface area contributed by atoms with Gasteiger partial charge in [-0.15, -0.1) is 11.3 Å². The molecule has 0 aliphatic heterocycles. The van der Waals surface area contributed by atoms with Crippen LogP contribution in [0.2, 0.25) is 0 Å². The van der Waals surface area contributed by atoms with Crippen molar-refractivity contribution >= 4 is 23.1 Å². The van der Waals surface area contributed by atoms with Crippen LogP contribution in [-0.2, 0) is 0 Å². The number of unbranched alkanes of at least 4 members (excludes halogenated alkanes) is 1. The van der Waals surface area contributed by atoms with Gasteiger partial charge in [-0.1, -0.05) is 18.2 Å². The lowest BCUT2D eigenvalue weighted by atomic mass is 9.96. The molecule has 0 spiro atoms. The molecular formula is C14H24N2OS2. The fraction of sp³-hybridized carbons (Fsp3) is 0.786. The van der Waals surface area contributed by atoms with Crippen LogP contribution in [0.5, 0.6) is 0 Å². The Balaban J connectivity index is 1.59. The predicted molar refractivity (Wildman–Crippen MR) is 83.1 cm³/mol. The third-order valence-corrected chi connectivity index (χ3v) is 5.65. The largest absolute Gasteiger partial charge is 0.394 e. The smallest absolute Gasteiger partial charge is 0.150 e. The zero-order valence-electron chi connectivity index (χ0n) is 11.8. The van der Waals surface area contributed by atoms with E-state index in [2.05, 4.69) is 22.6 Å². The van der Waals surface area contributed by atoms with Crippen LogP contribution >= 0.6 is 23.1 Å². The average molecular weight is 300 g/mol. The van der Waals surface area contributed by atoms with Gasteiger partial charge in [0.1, 0.15) is 4.34 Å². The fourth-order valence-corrected chi connectivity index (χ4v) is 4.01. The maximum Gasteiger partial charge on any atom is 0.150 e. The lowest BCUT2D eigenvalue weighted by molar-refractivity contribution is 0.161. The molecule has 3 nitrogen and oxygen atoms in total. The molecule has 1 aliphatic rings. The van der Waals surface area contributed by atoms with Gasteiger partial charge in [0.2, 0.25) is 0 Å². The van der Waals surface area contributed by atoms with E-state index in [0.717, 1.165) is 24.3 Å². The molecular weight excluding hydrogens is 276 g/mol. The minimum Gasteiger partial charge on any atom is -0.394 e. The second kappa shape index (κ2) is 7.07. The third kappa shape index (κ3) is 5.42. The minimum absolute atomic E-state index is 0.0798. The Labute approximate surface area is 124 Å². The maximum atomic E-state index is 9.52. The molecule has 1 aromatic rings. The van der Waals surface area contributed by atoms with E-state index in [0.29, 0.717) is 6.04 Å². The van der Waals surface area contributed by atoms with Crippen molar-refractivity contribution in [1.82, 2.24) is 10.3 Å². The Bertz CT molecular complexity index is 393. The summed E-state index contributed by atoms with van der Waals surface area (Å²) in [7, 11) is 0. The summed E-state index contributed by atoms with van der Waals surface area (Å²) in [5, 5.41) is 15.2. The maximum absolute atomic E-state index is 9.52.